The van der Waals surface area contributed by atoms with Crippen molar-refractivity contribution in [2.75, 3.05) is 0 Å². The smallest absolute Gasteiger partial charge is 0.345 e. The van der Waals surface area contributed by atoms with Crippen molar-refractivity contribution in [3.63, 3.8) is 0 Å². The van der Waals surface area contributed by atoms with Crippen LogP contribution in [0.3, 0.4) is 0 Å². The van der Waals surface area contributed by atoms with Crippen LogP contribution < -0.4 is 0 Å². The van der Waals surface area contributed by atoms with Crippen LogP contribution in [0, 0.1) is 11.8 Å². The second-order valence-corrected chi connectivity index (χ2v) is 12.3. The van der Waals surface area contributed by atoms with E-state index >= 15 is 0 Å². The fourth-order valence-electron chi connectivity index (χ4n) is 6.38. The Balaban J connectivity index is 1.43. The van der Waals surface area contributed by atoms with Crippen molar-refractivity contribution in [3.8, 4) is 34.5 Å². The van der Waals surface area contributed by atoms with E-state index in [1.54, 1.807) is 0 Å². The second-order valence-electron chi connectivity index (χ2n) is 12.3. The Morgan fingerprint density at radius 3 is 1.73 bits per heavy atom. The van der Waals surface area contributed by atoms with Crippen molar-refractivity contribution in [2.24, 2.45) is 11.8 Å². The highest BCUT2D eigenvalue weighted by atomic mass is 16.6. The summed E-state index contributed by atoms with van der Waals surface area (Å²) in [5.41, 5.74) is 1.37. The maximum absolute atomic E-state index is 14.1. The van der Waals surface area contributed by atoms with Gasteiger partial charge >= 0.3 is 23.9 Å². The second kappa shape index (κ2) is 15.1. The molecule has 52 heavy (non-hydrogen) atoms. The largest absolute Gasteiger partial charge is 0.508 e. The zero-order chi connectivity index (χ0) is 37.9. The van der Waals surface area contributed by atoms with Crippen LogP contribution in [0.25, 0.3) is 0 Å². The van der Waals surface area contributed by atoms with Gasteiger partial charge in [0.25, 0.3) is 0 Å². The molecule has 0 aromatic heterocycles. The molecule has 0 saturated carbocycles. The minimum atomic E-state index is -1.77. The molecule has 0 radical (unpaired) electrons. The number of carbonyl (C=O) groups is 4. The number of hydrogen-bond donors (Lipinski definition) is 9. The number of carboxylic acids is 2. The predicted octanol–water partition coefficient (Wildman–Crippen LogP) is 3.82. The molecule has 1 unspecified atom stereocenters. The van der Waals surface area contributed by atoms with Gasteiger partial charge in [-0.15, -0.1) is 0 Å². The van der Waals surface area contributed by atoms with Crippen molar-refractivity contribution in [1.29, 1.82) is 0 Å². The summed E-state index contributed by atoms with van der Waals surface area (Å²) in [5.74, 6) is -11.0. The first-order valence-corrected chi connectivity index (χ1v) is 15.8. The van der Waals surface area contributed by atoms with Gasteiger partial charge in [0.05, 0.1) is 5.92 Å². The van der Waals surface area contributed by atoms with Gasteiger partial charge in [-0.25, -0.2) is 14.4 Å². The maximum Gasteiger partial charge on any atom is 0.345 e. The first-order chi connectivity index (χ1) is 24.6. The summed E-state index contributed by atoms with van der Waals surface area (Å²) in [7, 11) is 0. The Kier molecular flexibility index (Phi) is 10.6. The molecular weight excluding hydrogens is 684 g/mol. The van der Waals surface area contributed by atoms with Crippen molar-refractivity contribution < 1.29 is 74.6 Å². The molecule has 0 aliphatic heterocycles. The standard InChI is InChI=1S/C37H34O15/c38-23-8-3-19(5-10-32(45)51-30(35(46)47)13-17-1-6-24(39)27(42)11-17)33-22(23)16-21(20-4-9-26(41)29(44)15-20)34(33)37(50)52-31(36(48)49)14-18-2-7-25(40)28(43)12-18/h1-2,4-12,15,19,21,30-31,34,38-44H,3,13-14,16H2,(H,46,47)(H,48,49)/b10-5+/t19?,21-,30+,31-,34-/m1/s1. The number of aromatic hydroxyl groups is 6. The van der Waals surface area contributed by atoms with Crippen LogP contribution in [0.15, 0.2) is 89.7 Å². The van der Waals surface area contributed by atoms with E-state index < -0.39 is 94.8 Å². The summed E-state index contributed by atoms with van der Waals surface area (Å²) >= 11 is 0. The quantitative estimate of drug-likeness (QED) is 0.0732. The van der Waals surface area contributed by atoms with Crippen molar-refractivity contribution >= 4 is 23.9 Å². The lowest BCUT2D eigenvalue weighted by atomic mass is 9.79. The van der Waals surface area contributed by atoms with E-state index in [0.29, 0.717) is 11.1 Å². The van der Waals surface area contributed by atoms with Crippen LogP contribution in [0.5, 0.6) is 34.5 Å². The summed E-state index contributed by atoms with van der Waals surface area (Å²) in [6.07, 6.45) is -0.394. The lowest BCUT2D eigenvalue weighted by Crippen LogP contribution is -2.34. The van der Waals surface area contributed by atoms with Crippen LogP contribution >= 0.6 is 0 Å². The molecule has 15 heteroatoms. The summed E-state index contributed by atoms with van der Waals surface area (Å²) < 4.78 is 10.7. The first kappa shape index (κ1) is 36.6. The molecule has 3 aromatic rings. The van der Waals surface area contributed by atoms with Gasteiger partial charge in [-0.3, -0.25) is 4.79 Å². The van der Waals surface area contributed by atoms with E-state index in [2.05, 4.69) is 0 Å². The molecule has 272 valence electrons. The Bertz CT molecular complexity index is 2010. The summed E-state index contributed by atoms with van der Waals surface area (Å²) in [6.45, 7) is 0. The average Bonchev–Trinajstić information content (AvgIpc) is 3.50. The van der Waals surface area contributed by atoms with E-state index in [9.17, 15) is 65.1 Å². The van der Waals surface area contributed by atoms with E-state index in [1.165, 1.54) is 42.5 Å². The summed E-state index contributed by atoms with van der Waals surface area (Å²) in [5, 5.41) is 89.5. The number of aliphatic carboxylic acids is 2. The van der Waals surface area contributed by atoms with Gasteiger partial charge in [0, 0.05) is 30.8 Å². The average molecular weight is 719 g/mol. The number of ether oxygens (including phenoxy) is 2. The molecule has 3 aromatic carbocycles. The number of carboxylic acid groups (broad SMARTS) is 2. The molecule has 0 bridgehead atoms. The summed E-state index contributed by atoms with van der Waals surface area (Å²) in [4.78, 5) is 51.1. The van der Waals surface area contributed by atoms with Crippen molar-refractivity contribution in [2.45, 2.75) is 43.8 Å². The molecular formula is C37H34O15. The Morgan fingerprint density at radius 1 is 0.692 bits per heavy atom. The van der Waals surface area contributed by atoms with Crippen LogP contribution in [0.4, 0.5) is 0 Å². The summed E-state index contributed by atoms with van der Waals surface area (Å²) in [6, 6.07) is 11.1. The zero-order valence-corrected chi connectivity index (χ0v) is 27.1. The van der Waals surface area contributed by atoms with E-state index in [-0.39, 0.29) is 41.7 Å². The number of benzene rings is 3. The molecule has 0 heterocycles. The Hall–Kier alpha value is -6.64. The molecule has 5 atom stereocenters. The van der Waals surface area contributed by atoms with Gasteiger partial charge in [-0.05, 0) is 83.2 Å². The number of esters is 2. The number of phenolic OH excluding ortho intramolecular Hbond substituents is 6. The molecule has 5 rings (SSSR count). The van der Waals surface area contributed by atoms with Gasteiger partial charge in [-0.1, -0.05) is 24.3 Å². The third-order valence-corrected chi connectivity index (χ3v) is 8.92. The van der Waals surface area contributed by atoms with Crippen LogP contribution in [0.1, 0.15) is 35.4 Å². The molecule has 9 N–H and O–H groups in total. The molecule has 15 nitrogen and oxygen atoms in total. The topological polar surface area (TPSA) is 269 Å². The highest BCUT2D eigenvalue weighted by Crippen LogP contribution is 2.52. The van der Waals surface area contributed by atoms with Gasteiger partial charge < -0.3 is 55.4 Å². The normalized spacial score (nSPS) is 19.4. The van der Waals surface area contributed by atoms with Crippen LogP contribution in [-0.2, 0) is 41.5 Å². The fourth-order valence-corrected chi connectivity index (χ4v) is 6.38. The van der Waals surface area contributed by atoms with Gasteiger partial charge in [0.15, 0.2) is 34.5 Å². The van der Waals surface area contributed by atoms with E-state index in [1.807, 2.05) is 0 Å². The fraction of sp³-hybridized carbons (Fsp3) is 0.243. The number of phenols is 6. The highest BCUT2D eigenvalue weighted by molar-refractivity contribution is 5.86. The maximum atomic E-state index is 14.1. The van der Waals surface area contributed by atoms with Crippen LogP contribution in [0.2, 0.25) is 0 Å². The highest BCUT2D eigenvalue weighted by Gasteiger charge is 2.47. The first-order valence-electron chi connectivity index (χ1n) is 15.8. The van der Waals surface area contributed by atoms with Crippen molar-refractivity contribution in [1.82, 2.24) is 0 Å². The van der Waals surface area contributed by atoms with Crippen LogP contribution in [-0.4, -0.2) is 82.0 Å². The Morgan fingerprint density at radius 2 is 1.21 bits per heavy atom. The number of rotatable bonds is 12. The SMILES string of the molecule is O=C(/C=C/C1CC=C(O)C2=C1[C@H](C(=O)O[C@H](Cc1ccc(O)c(O)c1)C(=O)O)[C@@H](c1ccc(O)c(O)c1)C2)O[C@@H](Cc1ccc(O)c(O)c1)C(=O)O. The van der Waals surface area contributed by atoms with Gasteiger partial charge in [0.2, 0.25) is 12.2 Å². The number of aliphatic hydroxyl groups excluding tert-OH is 1. The number of aliphatic hydroxyl groups is 1. The third kappa shape index (κ3) is 8.04. The number of allylic oxidation sites excluding steroid dienone is 3. The lowest BCUT2D eigenvalue weighted by Gasteiger charge is -2.28. The predicted molar refractivity (Wildman–Crippen MR) is 178 cm³/mol. The minimum absolute atomic E-state index is 0.000567. The molecule has 2 aliphatic rings. The minimum Gasteiger partial charge on any atom is -0.508 e. The van der Waals surface area contributed by atoms with Gasteiger partial charge in [0.1, 0.15) is 5.76 Å². The molecule has 0 saturated heterocycles. The molecule has 0 amide bonds. The molecule has 2 aliphatic carbocycles. The number of carbonyl (C=O) groups excluding carboxylic acids is 2. The van der Waals surface area contributed by atoms with Crippen molar-refractivity contribution in [3.05, 3.63) is 106 Å². The third-order valence-electron chi connectivity index (χ3n) is 8.92. The monoisotopic (exact) mass is 718 g/mol. The van der Waals surface area contributed by atoms with Gasteiger partial charge in [-0.2, -0.15) is 0 Å². The van der Waals surface area contributed by atoms with E-state index in [4.69, 9.17) is 9.47 Å². The lowest BCUT2D eigenvalue weighted by molar-refractivity contribution is -0.166. The Labute approximate surface area is 294 Å². The number of hydrogen-bond acceptors (Lipinski definition) is 13. The molecule has 0 fully saturated rings. The van der Waals surface area contributed by atoms with E-state index in [0.717, 1.165) is 30.3 Å². The molecule has 0 spiro atoms. The zero-order valence-electron chi connectivity index (χ0n) is 27.1.